The molecule has 1 aromatic rings. The minimum Gasteiger partial charge on any atom is -0.380 e. The molecule has 0 saturated heterocycles. The van der Waals surface area contributed by atoms with Crippen molar-refractivity contribution in [3.05, 3.63) is 22.3 Å². The molecule has 1 heterocycles. The lowest BCUT2D eigenvalue weighted by Gasteiger charge is -2.22. The molecule has 1 N–H and O–H groups in total. The highest BCUT2D eigenvalue weighted by Gasteiger charge is 2.10. The number of pyridine rings is 1. The van der Waals surface area contributed by atoms with E-state index in [2.05, 4.69) is 51.0 Å². The topological polar surface area (TPSA) is 37.4 Å². The predicted molar refractivity (Wildman–Crippen MR) is 83.7 cm³/mol. The van der Waals surface area contributed by atoms with Gasteiger partial charge in [0.05, 0.1) is 6.61 Å². The monoisotopic (exact) mass is 329 g/mol. The highest BCUT2D eigenvalue weighted by molar-refractivity contribution is 9.10. The Balaban J connectivity index is 2.74. The van der Waals surface area contributed by atoms with E-state index in [0.717, 1.165) is 36.6 Å². The second-order valence-corrected chi connectivity index (χ2v) is 5.71. The van der Waals surface area contributed by atoms with E-state index < -0.39 is 0 Å². The minimum atomic E-state index is 0.459. The average molecular weight is 330 g/mol. The Kier molecular flexibility index (Phi) is 7.34. The van der Waals surface area contributed by atoms with Crippen LogP contribution in [0, 0.1) is 0 Å². The fraction of sp³-hybridized carbons (Fsp3) is 0.643. The van der Waals surface area contributed by atoms with Crippen molar-refractivity contribution in [2.45, 2.75) is 33.4 Å². The molecule has 0 radical (unpaired) electrons. The smallest absolute Gasteiger partial charge is 0.132 e. The molecule has 0 aromatic carbocycles. The minimum absolute atomic E-state index is 0.459. The van der Waals surface area contributed by atoms with Crippen LogP contribution in [0.4, 0.5) is 5.82 Å². The first-order valence-corrected chi connectivity index (χ1v) is 7.50. The number of anilines is 1. The lowest BCUT2D eigenvalue weighted by atomic mass is 10.2. The van der Waals surface area contributed by atoms with Gasteiger partial charge in [-0.3, -0.25) is 0 Å². The van der Waals surface area contributed by atoms with Gasteiger partial charge in [0, 0.05) is 49.0 Å². The normalized spacial score (nSPS) is 11.1. The molecule has 5 heteroatoms. The molecule has 0 unspecified atom stereocenters. The van der Waals surface area contributed by atoms with Crippen molar-refractivity contribution < 1.29 is 4.74 Å². The van der Waals surface area contributed by atoms with Crippen LogP contribution >= 0.6 is 15.9 Å². The maximum absolute atomic E-state index is 5.39. The number of aromatic nitrogens is 1. The summed E-state index contributed by atoms with van der Waals surface area (Å²) in [6.45, 7) is 9.43. The number of nitrogens with zero attached hydrogens (tertiary/aromatic N) is 2. The van der Waals surface area contributed by atoms with Crippen LogP contribution in [0.3, 0.4) is 0 Å². The van der Waals surface area contributed by atoms with Crippen LogP contribution in [0.2, 0.25) is 0 Å². The molecule has 1 aromatic heterocycles. The third-order valence-corrected chi connectivity index (χ3v) is 3.18. The Hall–Kier alpha value is -0.650. The quantitative estimate of drug-likeness (QED) is 0.744. The molecule has 0 aliphatic heterocycles. The fourth-order valence-electron chi connectivity index (χ4n) is 1.71. The van der Waals surface area contributed by atoms with Crippen LogP contribution in [0.5, 0.6) is 0 Å². The molecule has 19 heavy (non-hydrogen) atoms. The van der Waals surface area contributed by atoms with Crippen molar-refractivity contribution in [3.63, 3.8) is 0 Å². The maximum Gasteiger partial charge on any atom is 0.132 e. The molecule has 0 spiro atoms. The number of ether oxygens (including phenoxy) is 1. The zero-order valence-electron chi connectivity index (χ0n) is 12.2. The van der Waals surface area contributed by atoms with Crippen molar-refractivity contribution in [1.82, 2.24) is 10.3 Å². The number of likely N-dealkylation sites (N-methyl/N-ethyl adjacent to an activating group) is 1. The van der Waals surface area contributed by atoms with Gasteiger partial charge in [-0.05, 0) is 28.9 Å². The first kappa shape index (κ1) is 16.4. The summed E-state index contributed by atoms with van der Waals surface area (Å²) >= 11 is 3.48. The van der Waals surface area contributed by atoms with Crippen molar-refractivity contribution in [2.24, 2.45) is 0 Å². The fourth-order valence-corrected chi connectivity index (χ4v) is 2.09. The van der Waals surface area contributed by atoms with E-state index in [1.807, 2.05) is 20.2 Å². The van der Waals surface area contributed by atoms with Gasteiger partial charge in [0.2, 0.25) is 0 Å². The number of rotatable bonds is 8. The van der Waals surface area contributed by atoms with Gasteiger partial charge in [-0.25, -0.2) is 4.98 Å². The zero-order chi connectivity index (χ0) is 14.3. The van der Waals surface area contributed by atoms with E-state index in [1.54, 1.807) is 0 Å². The lowest BCUT2D eigenvalue weighted by molar-refractivity contribution is 0.154. The van der Waals surface area contributed by atoms with Gasteiger partial charge in [-0.1, -0.05) is 13.8 Å². The largest absolute Gasteiger partial charge is 0.380 e. The summed E-state index contributed by atoms with van der Waals surface area (Å²) < 4.78 is 6.40. The van der Waals surface area contributed by atoms with E-state index in [4.69, 9.17) is 4.74 Å². The third-order valence-electron chi connectivity index (χ3n) is 2.75. The van der Waals surface area contributed by atoms with E-state index in [9.17, 15) is 0 Å². The van der Waals surface area contributed by atoms with Crippen LogP contribution in [-0.4, -0.2) is 37.8 Å². The Morgan fingerprint density at radius 1 is 1.47 bits per heavy atom. The van der Waals surface area contributed by atoms with Crippen molar-refractivity contribution >= 4 is 21.7 Å². The molecular weight excluding hydrogens is 306 g/mol. The van der Waals surface area contributed by atoms with E-state index in [1.165, 1.54) is 5.56 Å². The molecular formula is C14H24BrN3O. The van der Waals surface area contributed by atoms with E-state index in [-0.39, 0.29) is 0 Å². The number of hydrogen-bond donors (Lipinski definition) is 1. The van der Waals surface area contributed by atoms with Crippen molar-refractivity contribution in [3.8, 4) is 0 Å². The maximum atomic E-state index is 5.39. The third kappa shape index (κ3) is 5.89. The van der Waals surface area contributed by atoms with Crippen LogP contribution in [0.15, 0.2) is 16.7 Å². The molecule has 0 atom stereocenters. The SMILES string of the molecule is CCOCCN(C)c1ncc(Br)cc1CNC(C)C. The highest BCUT2D eigenvalue weighted by Crippen LogP contribution is 2.20. The van der Waals surface area contributed by atoms with Crippen LogP contribution in [0.25, 0.3) is 0 Å². The lowest BCUT2D eigenvalue weighted by Crippen LogP contribution is -2.27. The van der Waals surface area contributed by atoms with Gasteiger partial charge in [-0.15, -0.1) is 0 Å². The number of hydrogen-bond acceptors (Lipinski definition) is 4. The van der Waals surface area contributed by atoms with Gasteiger partial charge in [0.15, 0.2) is 0 Å². The molecule has 0 aliphatic rings. The van der Waals surface area contributed by atoms with Crippen LogP contribution < -0.4 is 10.2 Å². The predicted octanol–water partition coefficient (Wildman–Crippen LogP) is 2.81. The second kappa shape index (κ2) is 8.51. The van der Waals surface area contributed by atoms with Gasteiger partial charge in [0.1, 0.15) is 5.82 Å². The summed E-state index contributed by atoms with van der Waals surface area (Å²) in [6.07, 6.45) is 1.84. The molecule has 0 bridgehead atoms. The van der Waals surface area contributed by atoms with Gasteiger partial charge in [0.25, 0.3) is 0 Å². The molecule has 4 nitrogen and oxygen atoms in total. The van der Waals surface area contributed by atoms with E-state index >= 15 is 0 Å². The first-order chi connectivity index (χ1) is 9.04. The molecule has 108 valence electrons. The molecule has 0 saturated carbocycles. The number of halogens is 1. The Morgan fingerprint density at radius 2 is 2.21 bits per heavy atom. The summed E-state index contributed by atoms with van der Waals surface area (Å²) in [5.74, 6) is 1.01. The Morgan fingerprint density at radius 3 is 2.84 bits per heavy atom. The first-order valence-electron chi connectivity index (χ1n) is 6.71. The van der Waals surface area contributed by atoms with Crippen LogP contribution in [0.1, 0.15) is 26.3 Å². The summed E-state index contributed by atoms with van der Waals surface area (Å²) in [5, 5.41) is 3.43. The zero-order valence-corrected chi connectivity index (χ0v) is 13.8. The van der Waals surface area contributed by atoms with Gasteiger partial charge < -0.3 is 15.0 Å². The van der Waals surface area contributed by atoms with Crippen LogP contribution in [-0.2, 0) is 11.3 Å². The van der Waals surface area contributed by atoms with Gasteiger partial charge >= 0.3 is 0 Å². The van der Waals surface area contributed by atoms with Gasteiger partial charge in [-0.2, -0.15) is 0 Å². The molecule has 0 amide bonds. The second-order valence-electron chi connectivity index (χ2n) is 4.79. The number of nitrogens with one attached hydrogen (secondary N) is 1. The molecule has 0 aliphatic carbocycles. The highest BCUT2D eigenvalue weighted by atomic mass is 79.9. The molecule has 0 fully saturated rings. The average Bonchev–Trinajstić information content (AvgIpc) is 2.36. The summed E-state index contributed by atoms with van der Waals surface area (Å²) in [5.41, 5.74) is 1.20. The standard InChI is InChI=1S/C14H24BrN3O/c1-5-19-7-6-18(4)14-12(9-16-11(2)3)8-13(15)10-17-14/h8,10-11,16H,5-7,9H2,1-4H3. The Bertz CT molecular complexity index is 385. The summed E-state index contributed by atoms with van der Waals surface area (Å²) in [4.78, 5) is 6.66. The Labute approximate surface area is 124 Å². The van der Waals surface area contributed by atoms with Crippen molar-refractivity contribution in [1.29, 1.82) is 0 Å². The summed E-state index contributed by atoms with van der Waals surface area (Å²) in [7, 11) is 2.05. The summed E-state index contributed by atoms with van der Waals surface area (Å²) in [6, 6.07) is 2.58. The van der Waals surface area contributed by atoms with E-state index in [0.29, 0.717) is 6.04 Å². The van der Waals surface area contributed by atoms with Crippen molar-refractivity contribution in [2.75, 3.05) is 31.7 Å². The molecule has 1 rings (SSSR count).